The van der Waals surface area contributed by atoms with Gasteiger partial charge in [-0.1, -0.05) is 49.2 Å². The molecule has 0 bridgehead atoms. The van der Waals surface area contributed by atoms with Gasteiger partial charge in [-0.25, -0.2) is 0 Å². The summed E-state index contributed by atoms with van der Waals surface area (Å²) in [6.45, 7) is 9.16. The normalized spacial score (nSPS) is 11.4. The molecule has 36 heavy (non-hydrogen) atoms. The molecule has 196 valence electrons. The average Bonchev–Trinajstić information content (AvgIpc) is 2.84. The van der Waals surface area contributed by atoms with E-state index in [0.29, 0.717) is 16.6 Å². The number of para-hydroxylation sites is 2. The van der Waals surface area contributed by atoms with Gasteiger partial charge in [0.1, 0.15) is 11.5 Å². The molecule has 0 aromatic heterocycles. The van der Waals surface area contributed by atoms with Crippen molar-refractivity contribution in [2.75, 3.05) is 13.1 Å². The van der Waals surface area contributed by atoms with Crippen molar-refractivity contribution in [1.82, 2.24) is 10.6 Å². The van der Waals surface area contributed by atoms with Gasteiger partial charge in [-0.3, -0.25) is 9.59 Å². The zero-order valence-electron chi connectivity index (χ0n) is 22.0. The standard InChI is InChI=1S/C29H40N2O4S/c1-28(2,25(32)34-23-15-7-5-8-16-23)19-11-13-21-30-27(36)31-22-14-12-20-29(3,4)26(33)35-24-17-9-6-10-18-24/h5-10,15-18H,11-14,19-22H2,1-4H3,(H2,30,31,36). The summed E-state index contributed by atoms with van der Waals surface area (Å²) in [4.78, 5) is 24.9. The SMILES string of the molecule is CC(C)(CCCCNC(=S)NCCCCC(C)(C)C(=O)Oc1ccccc1)C(=O)Oc1ccccc1. The van der Waals surface area contributed by atoms with Crippen molar-refractivity contribution in [2.45, 2.75) is 66.2 Å². The Morgan fingerprint density at radius 1 is 0.667 bits per heavy atom. The van der Waals surface area contributed by atoms with E-state index in [-0.39, 0.29) is 11.9 Å². The van der Waals surface area contributed by atoms with Gasteiger partial charge in [-0.05, 0) is 89.9 Å². The van der Waals surface area contributed by atoms with Crippen LogP contribution in [0, 0.1) is 10.8 Å². The van der Waals surface area contributed by atoms with Gasteiger partial charge in [0, 0.05) is 13.1 Å². The predicted molar refractivity (Wildman–Crippen MR) is 148 cm³/mol. The van der Waals surface area contributed by atoms with Crippen molar-refractivity contribution in [3.8, 4) is 11.5 Å². The van der Waals surface area contributed by atoms with Crippen LogP contribution in [0.5, 0.6) is 11.5 Å². The fraction of sp³-hybridized carbons (Fsp3) is 0.483. The maximum absolute atomic E-state index is 12.5. The van der Waals surface area contributed by atoms with Gasteiger partial charge < -0.3 is 20.1 Å². The van der Waals surface area contributed by atoms with E-state index in [1.54, 1.807) is 24.3 Å². The van der Waals surface area contributed by atoms with Crippen LogP contribution in [-0.2, 0) is 9.59 Å². The quantitative estimate of drug-likeness (QED) is 0.138. The van der Waals surface area contributed by atoms with Crippen LogP contribution in [0.25, 0.3) is 0 Å². The summed E-state index contributed by atoms with van der Waals surface area (Å²) >= 11 is 5.36. The fourth-order valence-electron chi connectivity index (χ4n) is 3.52. The zero-order chi connectivity index (χ0) is 26.4. The molecule has 0 saturated heterocycles. The van der Waals surface area contributed by atoms with Crippen LogP contribution < -0.4 is 20.1 Å². The number of rotatable bonds is 14. The summed E-state index contributed by atoms with van der Waals surface area (Å²) in [5.74, 6) is 0.722. The molecule has 2 aromatic carbocycles. The Morgan fingerprint density at radius 2 is 1.03 bits per heavy atom. The van der Waals surface area contributed by atoms with Crippen molar-refractivity contribution >= 4 is 29.3 Å². The minimum Gasteiger partial charge on any atom is -0.426 e. The highest BCUT2D eigenvalue weighted by atomic mass is 32.1. The van der Waals surface area contributed by atoms with Crippen molar-refractivity contribution in [3.63, 3.8) is 0 Å². The Labute approximate surface area is 221 Å². The molecule has 0 unspecified atom stereocenters. The number of ether oxygens (including phenoxy) is 2. The lowest BCUT2D eigenvalue weighted by Gasteiger charge is -2.22. The molecule has 0 aliphatic heterocycles. The number of carbonyl (C=O) groups excluding carboxylic acids is 2. The largest absolute Gasteiger partial charge is 0.426 e. The number of hydrogen-bond donors (Lipinski definition) is 2. The van der Waals surface area contributed by atoms with Crippen molar-refractivity contribution < 1.29 is 19.1 Å². The summed E-state index contributed by atoms with van der Waals surface area (Å²) in [6, 6.07) is 18.3. The van der Waals surface area contributed by atoms with Crippen molar-refractivity contribution in [3.05, 3.63) is 60.7 Å². The number of thiocarbonyl (C=S) groups is 1. The van der Waals surface area contributed by atoms with E-state index in [0.717, 1.165) is 51.6 Å². The highest BCUT2D eigenvalue weighted by Gasteiger charge is 2.30. The molecular formula is C29H40N2O4S. The van der Waals surface area contributed by atoms with E-state index >= 15 is 0 Å². The van der Waals surface area contributed by atoms with Crippen molar-refractivity contribution in [1.29, 1.82) is 0 Å². The van der Waals surface area contributed by atoms with Gasteiger partial charge in [-0.15, -0.1) is 0 Å². The maximum Gasteiger partial charge on any atom is 0.316 e. The van der Waals surface area contributed by atoms with Gasteiger partial charge in [0.15, 0.2) is 5.11 Å². The molecule has 2 aromatic rings. The Kier molecular flexibility index (Phi) is 11.9. The summed E-state index contributed by atoms with van der Waals surface area (Å²) in [6.07, 6.45) is 5.07. The lowest BCUT2D eigenvalue weighted by atomic mass is 9.87. The third kappa shape index (κ3) is 10.8. The molecule has 0 spiro atoms. The zero-order valence-corrected chi connectivity index (χ0v) is 22.8. The summed E-state index contributed by atoms with van der Waals surface area (Å²) in [5, 5.41) is 7.07. The van der Waals surface area contributed by atoms with Crippen LogP contribution in [-0.4, -0.2) is 30.1 Å². The Morgan fingerprint density at radius 3 is 1.39 bits per heavy atom. The first-order valence-corrected chi connectivity index (χ1v) is 13.1. The molecule has 0 aliphatic rings. The van der Waals surface area contributed by atoms with Crippen LogP contribution in [0.15, 0.2) is 60.7 Å². The van der Waals surface area contributed by atoms with Crippen LogP contribution in [0.3, 0.4) is 0 Å². The smallest absolute Gasteiger partial charge is 0.316 e. The van der Waals surface area contributed by atoms with Gasteiger partial charge in [-0.2, -0.15) is 0 Å². The second kappa shape index (κ2) is 14.6. The van der Waals surface area contributed by atoms with Gasteiger partial charge in [0.25, 0.3) is 0 Å². The molecule has 0 aliphatic carbocycles. The van der Waals surface area contributed by atoms with E-state index in [4.69, 9.17) is 21.7 Å². The number of nitrogens with one attached hydrogen (secondary N) is 2. The highest BCUT2D eigenvalue weighted by molar-refractivity contribution is 7.80. The molecular weight excluding hydrogens is 472 g/mol. The predicted octanol–water partition coefficient (Wildman–Crippen LogP) is 6.05. The molecule has 2 rings (SSSR count). The highest BCUT2D eigenvalue weighted by Crippen LogP contribution is 2.27. The average molecular weight is 513 g/mol. The molecule has 0 atom stereocenters. The van der Waals surface area contributed by atoms with E-state index in [9.17, 15) is 9.59 Å². The van der Waals surface area contributed by atoms with Crippen LogP contribution in [0.4, 0.5) is 0 Å². The van der Waals surface area contributed by atoms with Gasteiger partial charge in [0.2, 0.25) is 0 Å². The first kappa shape index (κ1) is 29.3. The third-order valence-electron chi connectivity index (χ3n) is 6.04. The first-order valence-electron chi connectivity index (χ1n) is 12.7. The molecule has 0 fully saturated rings. The van der Waals surface area contributed by atoms with Crippen molar-refractivity contribution in [2.24, 2.45) is 10.8 Å². The molecule has 0 heterocycles. The van der Waals surface area contributed by atoms with Crippen LogP contribution in [0.1, 0.15) is 66.2 Å². The first-order chi connectivity index (χ1) is 17.1. The van der Waals surface area contributed by atoms with Crippen LogP contribution in [0.2, 0.25) is 0 Å². The van der Waals surface area contributed by atoms with E-state index in [2.05, 4.69) is 10.6 Å². The Hall–Kier alpha value is -2.93. The van der Waals surface area contributed by atoms with E-state index < -0.39 is 10.8 Å². The fourth-order valence-corrected chi connectivity index (χ4v) is 3.73. The number of esters is 2. The van der Waals surface area contributed by atoms with E-state index in [1.165, 1.54) is 0 Å². The molecule has 0 radical (unpaired) electrons. The lowest BCUT2D eigenvalue weighted by Crippen LogP contribution is -2.36. The number of hydrogen-bond acceptors (Lipinski definition) is 5. The molecule has 6 nitrogen and oxygen atoms in total. The monoisotopic (exact) mass is 512 g/mol. The van der Waals surface area contributed by atoms with E-state index in [1.807, 2.05) is 64.1 Å². The number of benzene rings is 2. The summed E-state index contributed by atoms with van der Waals surface area (Å²) in [5.41, 5.74) is -1.09. The molecule has 0 saturated carbocycles. The maximum atomic E-state index is 12.5. The lowest BCUT2D eigenvalue weighted by molar-refractivity contribution is -0.145. The van der Waals surface area contributed by atoms with Gasteiger partial charge in [0.05, 0.1) is 10.8 Å². The van der Waals surface area contributed by atoms with Crippen LogP contribution >= 0.6 is 12.2 Å². The Balaban J connectivity index is 1.53. The number of unbranched alkanes of at least 4 members (excludes halogenated alkanes) is 2. The summed E-state index contributed by atoms with van der Waals surface area (Å²) in [7, 11) is 0. The minimum absolute atomic E-state index is 0.213. The molecule has 2 N–H and O–H groups in total. The Bertz CT molecular complexity index is 884. The third-order valence-corrected chi connectivity index (χ3v) is 6.33. The second-order valence-corrected chi connectivity index (χ2v) is 10.7. The number of carbonyl (C=O) groups is 2. The topological polar surface area (TPSA) is 76.7 Å². The van der Waals surface area contributed by atoms with Gasteiger partial charge >= 0.3 is 11.9 Å². The molecule has 7 heteroatoms. The summed E-state index contributed by atoms with van der Waals surface area (Å²) < 4.78 is 11.0. The second-order valence-electron chi connectivity index (χ2n) is 10.3. The molecule has 0 amide bonds. The minimum atomic E-state index is -0.546.